The molecule has 2 aromatic rings. The molecule has 0 spiro atoms. The number of hydrogen-bond donors (Lipinski definition) is 0. The first-order valence-corrected chi connectivity index (χ1v) is 6.06. The maximum atomic E-state index is 12.3. The third-order valence-corrected chi connectivity index (χ3v) is 3.01. The van der Waals surface area contributed by atoms with E-state index in [0.29, 0.717) is 23.3 Å². The van der Waals surface area contributed by atoms with Crippen LogP contribution in [0.4, 0.5) is 5.69 Å². The lowest BCUT2D eigenvalue weighted by molar-refractivity contribution is -0.107. The van der Waals surface area contributed by atoms with E-state index in [9.17, 15) is 9.59 Å². The lowest BCUT2D eigenvalue weighted by atomic mass is 10.0. The first-order chi connectivity index (χ1) is 9.17. The van der Waals surface area contributed by atoms with E-state index in [1.54, 1.807) is 37.4 Å². The van der Waals surface area contributed by atoms with Crippen molar-refractivity contribution < 1.29 is 14.0 Å². The van der Waals surface area contributed by atoms with E-state index in [1.807, 2.05) is 6.92 Å². The third-order valence-electron chi connectivity index (χ3n) is 3.01. The molecule has 0 saturated heterocycles. The number of benzene rings is 1. The molecule has 0 N–H and O–H groups in total. The third kappa shape index (κ3) is 2.57. The summed E-state index contributed by atoms with van der Waals surface area (Å²) in [6.07, 6.45) is 2.93. The zero-order chi connectivity index (χ0) is 13.8. The zero-order valence-electron chi connectivity index (χ0n) is 10.9. The summed E-state index contributed by atoms with van der Waals surface area (Å²) >= 11 is 0. The van der Waals surface area contributed by atoms with Gasteiger partial charge in [0.1, 0.15) is 5.76 Å². The van der Waals surface area contributed by atoms with Crippen LogP contribution >= 0.6 is 0 Å². The fraction of sp³-hybridized carbons (Fsp3) is 0.200. The first-order valence-electron chi connectivity index (χ1n) is 6.06. The van der Waals surface area contributed by atoms with E-state index in [-0.39, 0.29) is 5.78 Å². The Bertz CT molecular complexity index is 584. The average molecular weight is 257 g/mol. The molecule has 0 fully saturated rings. The van der Waals surface area contributed by atoms with Crippen LogP contribution < -0.4 is 4.90 Å². The standard InChI is InChI=1S/C15H15NO3/c1-3-14-13(8-9-19-14)15(18)11-4-6-12(7-5-11)16(2)10-17/h4-10H,3H2,1-2H3. The molecular weight excluding hydrogens is 242 g/mol. The summed E-state index contributed by atoms with van der Waals surface area (Å²) in [4.78, 5) is 24.4. The van der Waals surface area contributed by atoms with Gasteiger partial charge in [-0.3, -0.25) is 9.59 Å². The molecule has 1 aromatic heterocycles. The van der Waals surface area contributed by atoms with E-state index < -0.39 is 0 Å². The van der Waals surface area contributed by atoms with Crippen LogP contribution in [0.3, 0.4) is 0 Å². The Labute approximate surface area is 111 Å². The number of ketones is 1. The first kappa shape index (κ1) is 13.1. The minimum absolute atomic E-state index is 0.0640. The highest BCUT2D eigenvalue weighted by molar-refractivity contribution is 6.09. The van der Waals surface area contributed by atoms with Gasteiger partial charge in [0.2, 0.25) is 6.41 Å². The highest BCUT2D eigenvalue weighted by atomic mass is 16.3. The van der Waals surface area contributed by atoms with Crippen LogP contribution in [-0.4, -0.2) is 19.2 Å². The lowest BCUT2D eigenvalue weighted by Crippen LogP contribution is -2.13. The molecule has 0 aliphatic carbocycles. The second-order valence-corrected chi connectivity index (χ2v) is 4.20. The highest BCUT2D eigenvalue weighted by Gasteiger charge is 2.15. The summed E-state index contributed by atoms with van der Waals surface area (Å²) in [6, 6.07) is 8.60. The normalized spacial score (nSPS) is 10.2. The number of carbonyl (C=O) groups excluding carboxylic acids is 2. The summed E-state index contributed by atoms with van der Waals surface area (Å²) in [5, 5.41) is 0. The predicted molar refractivity (Wildman–Crippen MR) is 72.4 cm³/mol. The van der Waals surface area contributed by atoms with Gasteiger partial charge in [-0.1, -0.05) is 6.92 Å². The molecular formula is C15H15NO3. The fourth-order valence-electron chi connectivity index (χ4n) is 1.88. The molecule has 2 rings (SSSR count). The molecule has 0 unspecified atom stereocenters. The molecule has 0 atom stereocenters. The van der Waals surface area contributed by atoms with Crippen LogP contribution in [0.2, 0.25) is 0 Å². The molecule has 1 amide bonds. The van der Waals surface area contributed by atoms with E-state index in [4.69, 9.17) is 4.42 Å². The molecule has 0 saturated carbocycles. The van der Waals surface area contributed by atoms with Crippen molar-refractivity contribution in [2.24, 2.45) is 0 Å². The molecule has 0 aliphatic heterocycles. The SMILES string of the molecule is CCc1occc1C(=O)c1ccc(N(C)C=O)cc1. The Hall–Kier alpha value is -2.36. The summed E-state index contributed by atoms with van der Waals surface area (Å²) in [6.45, 7) is 1.94. The van der Waals surface area contributed by atoms with Gasteiger partial charge < -0.3 is 9.32 Å². The Morgan fingerprint density at radius 3 is 2.53 bits per heavy atom. The summed E-state index contributed by atoms with van der Waals surface area (Å²) in [7, 11) is 1.66. The van der Waals surface area contributed by atoms with Gasteiger partial charge >= 0.3 is 0 Å². The van der Waals surface area contributed by atoms with Crippen molar-refractivity contribution in [2.45, 2.75) is 13.3 Å². The van der Waals surface area contributed by atoms with Crippen LogP contribution in [0.15, 0.2) is 41.0 Å². The highest BCUT2D eigenvalue weighted by Crippen LogP contribution is 2.19. The summed E-state index contributed by atoms with van der Waals surface area (Å²) in [5.74, 6) is 0.630. The summed E-state index contributed by atoms with van der Waals surface area (Å²) < 4.78 is 5.26. The van der Waals surface area contributed by atoms with E-state index in [1.165, 1.54) is 11.2 Å². The minimum atomic E-state index is -0.0640. The van der Waals surface area contributed by atoms with Crippen LogP contribution in [0, 0.1) is 0 Å². The number of carbonyl (C=O) groups is 2. The number of rotatable bonds is 5. The molecule has 0 bridgehead atoms. The van der Waals surface area contributed by atoms with Crippen LogP contribution in [-0.2, 0) is 11.2 Å². The Morgan fingerprint density at radius 2 is 1.95 bits per heavy atom. The van der Waals surface area contributed by atoms with Crippen LogP contribution in [0.25, 0.3) is 0 Å². The van der Waals surface area contributed by atoms with Gasteiger partial charge in [-0.05, 0) is 30.3 Å². The molecule has 1 aromatic carbocycles. The Balaban J connectivity index is 2.27. The minimum Gasteiger partial charge on any atom is -0.469 e. The lowest BCUT2D eigenvalue weighted by Gasteiger charge is -2.10. The molecule has 98 valence electrons. The van der Waals surface area contributed by atoms with E-state index >= 15 is 0 Å². The number of hydrogen-bond acceptors (Lipinski definition) is 3. The van der Waals surface area contributed by atoms with Gasteiger partial charge in [-0.2, -0.15) is 0 Å². The van der Waals surface area contributed by atoms with Crippen molar-refractivity contribution >= 4 is 17.9 Å². The quantitative estimate of drug-likeness (QED) is 0.611. The van der Waals surface area contributed by atoms with Gasteiger partial charge in [0.15, 0.2) is 5.78 Å². The van der Waals surface area contributed by atoms with Gasteiger partial charge in [-0.25, -0.2) is 0 Å². The largest absolute Gasteiger partial charge is 0.469 e. The van der Waals surface area contributed by atoms with Crippen molar-refractivity contribution in [1.29, 1.82) is 0 Å². The average Bonchev–Trinajstić information content (AvgIpc) is 2.94. The molecule has 19 heavy (non-hydrogen) atoms. The predicted octanol–water partition coefficient (Wildman–Crippen LogP) is 2.67. The number of amides is 1. The van der Waals surface area contributed by atoms with Crippen molar-refractivity contribution in [3.8, 4) is 0 Å². The van der Waals surface area contributed by atoms with Crippen LogP contribution in [0.5, 0.6) is 0 Å². The molecule has 0 aliphatic rings. The van der Waals surface area contributed by atoms with Gasteiger partial charge in [0.05, 0.1) is 11.8 Å². The van der Waals surface area contributed by atoms with Crippen molar-refractivity contribution in [3.63, 3.8) is 0 Å². The fourth-order valence-corrected chi connectivity index (χ4v) is 1.88. The summed E-state index contributed by atoms with van der Waals surface area (Å²) in [5.41, 5.74) is 1.92. The monoisotopic (exact) mass is 257 g/mol. The van der Waals surface area contributed by atoms with Crippen molar-refractivity contribution in [3.05, 3.63) is 53.5 Å². The maximum Gasteiger partial charge on any atom is 0.213 e. The number of nitrogens with zero attached hydrogens (tertiary/aromatic N) is 1. The van der Waals surface area contributed by atoms with E-state index in [2.05, 4.69) is 0 Å². The van der Waals surface area contributed by atoms with Gasteiger partial charge in [-0.15, -0.1) is 0 Å². The van der Waals surface area contributed by atoms with Crippen LogP contribution in [0.1, 0.15) is 28.6 Å². The second-order valence-electron chi connectivity index (χ2n) is 4.20. The maximum absolute atomic E-state index is 12.3. The van der Waals surface area contributed by atoms with Gasteiger partial charge in [0.25, 0.3) is 0 Å². The molecule has 0 radical (unpaired) electrons. The van der Waals surface area contributed by atoms with Crippen molar-refractivity contribution in [1.82, 2.24) is 0 Å². The van der Waals surface area contributed by atoms with E-state index in [0.717, 1.165) is 12.1 Å². The van der Waals surface area contributed by atoms with Gasteiger partial charge in [0, 0.05) is 24.7 Å². The number of anilines is 1. The smallest absolute Gasteiger partial charge is 0.213 e. The number of furan rings is 1. The van der Waals surface area contributed by atoms with Crippen molar-refractivity contribution in [2.75, 3.05) is 11.9 Å². The molecule has 1 heterocycles. The second kappa shape index (κ2) is 5.52. The Morgan fingerprint density at radius 1 is 1.26 bits per heavy atom. The molecule has 4 heteroatoms. The Kier molecular flexibility index (Phi) is 3.80. The number of aryl methyl sites for hydroxylation is 1. The zero-order valence-corrected chi connectivity index (χ0v) is 10.9. The topological polar surface area (TPSA) is 50.5 Å². The molecule has 4 nitrogen and oxygen atoms in total.